The largest absolute Gasteiger partial charge is 0.349 e. The fourth-order valence-electron chi connectivity index (χ4n) is 2.81. The van der Waals surface area contributed by atoms with Crippen LogP contribution in [0.1, 0.15) is 24.2 Å². The smallest absolute Gasteiger partial charge is 0.0476 e. The van der Waals surface area contributed by atoms with Crippen molar-refractivity contribution in [1.82, 2.24) is 9.47 Å². The van der Waals surface area contributed by atoms with Crippen LogP contribution in [0.25, 0.3) is 0 Å². The lowest BCUT2D eigenvalue weighted by molar-refractivity contribution is 0.161. The molecular formula is C16H20N2S. The molecule has 0 saturated heterocycles. The Balaban J connectivity index is 1.73. The second-order valence-electron chi connectivity index (χ2n) is 5.12. The third-order valence-electron chi connectivity index (χ3n) is 4.01. The Hall–Kier alpha value is -1.19. The molecule has 3 heteroatoms. The Morgan fingerprint density at radius 2 is 1.95 bits per heavy atom. The average Bonchev–Trinajstić information content (AvgIpc) is 2.92. The van der Waals surface area contributed by atoms with Crippen molar-refractivity contribution in [3.63, 3.8) is 0 Å². The quantitative estimate of drug-likeness (QED) is 0.786. The molecule has 0 spiro atoms. The minimum atomic E-state index is 0.504. The average molecular weight is 272 g/mol. The lowest BCUT2D eigenvalue weighted by Crippen LogP contribution is -2.35. The Bertz CT molecular complexity index is 544. The first-order valence-corrected chi connectivity index (χ1v) is 8.02. The van der Waals surface area contributed by atoms with E-state index in [1.807, 2.05) is 0 Å². The molecule has 2 nitrogen and oxygen atoms in total. The van der Waals surface area contributed by atoms with Gasteiger partial charge in [-0.25, -0.2) is 0 Å². The normalized spacial score (nSPS) is 19.4. The van der Waals surface area contributed by atoms with E-state index in [0.29, 0.717) is 6.04 Å². The summed E-state index contributed by atoms with van der Waals surface area (Å²) in [5, 5.41) is 0. The van der Waals surface area contributed by atoms with Crippen LogP contribution >= 0.6 is 11.8 Å². The number of benzene rings is 1. The van der Waals surface area contributed by atoms with E-state index < -0.39 is 0 Å². The second kappa shape index (κ2) is 5.43. The first kappa shape index (κ1) is 12.8. The lowest BCUT2D eigenvalue weighted by Gasteiger charge is -2.34. The van der Waals surface area contributed by atoms with Crippen molar-refractivity contribution in [2.24, 2.45) is 0 Å². The van der Waals surface area contributed by atoms with Crippen LogP contribution in [0.5, 0.6) is 0 Å². The molecule has 0 saturated carbocycles. The second-order valence-corrected chi connectivity index (χ2v) is 6.00. The van der Waals surface area contributed by atoms with Gasteiger partial charge in [0.2, 0.25) is 0 Å². The van der Waals surface area contributed by atoms with Crippen LogP contribution in [0.4, 0.5) is 0 Å². The molecule has 0 amide bonds. The summed E-state index contributed by atoms with van der Waals surface area (Å²) in [5.74, 6) is 0. The van der Waals surface area contributed by atoms with Crippen LogP contribution in [-0.2, 0) is 13.1 Å². The zero-order valence-corrected chi connectivity index (χ0v) is 12.4. The fraction of sp³-hybridized carbons (Fsp3) is 0.375. The summed E-state index contributed by atoms with van der Waals surface area (Å²) < 4.78 is 2.37. The zero-order chi connectivity index (χ0) is 13.2. The first-order valence-electron chi connectivity index (χ1n) is 6.80. The van der Waals surface area contributed by atoms with E-state index >= 15 is 0 Å². The first-order chi connectivity index (χ1) is 9.28. The van der Waals surface area contributed by atoms with Gasteiger partial charge in [0.25, 0.3) is 0 Å². The highest BCUT2D eigenvalue weighted by Gasteiger charge is 2.23. The molecule has 0 unspecified atom stereocenters. The SMILES string of the molecule is CSc1ccc(CN2CCn3cccc3[C@H]2C)cc1. The molecule has 2 aromatic rings. The molecule has 1 aliphatic rings. The Labute approximate surface area is 119 Å². The van der Waals surface area contributed by atoms with Crippen LogP contribution in [0.15, 0.2) is 47.5 Å². The predicted octanol–water partition coefficient (Wildman–Crippen LogP) is 3.79. The zero-order valence-electron chi connectivity index (χ0n) is 11.5. The molecule has 0 bridgehead atoms. The maximum Gasteiger partial charge on any atom is 0.0476 e. The summed E-state index contributed by atoms with van der Waals surface area (Å²) in [6.07, 6.45) is 4.31. The van der Waals surface area contributed by atoms with Crippen LogP contribution in [-0.4, -0.2) is 22.3 Å². The summed E-state index contributed by atoms with van der Waals surface area (Å²) in [7, 11) is 0. The number of aromatic nitrogens is 1. The van der Waals surface area contributed by atoms with Crippen LogP contribution in [0, 0.1) is 0 Å². The number of nitrogens with zero attached hydrogens (tertiary/aromatic N) is 2. The maximum atomic E-state index is 2.56. The van der Waals surface area contributed by atoms with E-state index in [-0.39, 0.29) is 0 Å². The molecular weight excluding hydrogens is 252 g/mol. The van der Waals surface area contributed by atoms with Crippen molar-refractivity contribution >= 4 is 11.8 Å². The van der Waals surface area contributed by atoms with E-state index in [1.54, 1.807) is 11.8 Å². The summed E-state index contributed by atoms with van der Waals surface area (Å²) in [4.78, 5) is 3.90. The van der Waals surface area contributed by atoms with Gasteiger partial charge < -0.3 is 4.57 Å². The fourth-order valence-corrected chi connectivity index (χ4v) is 3.22. The van der Waals surface area contributed by atoms with Crippen molar-refractivity contribution in [2.75, 3.05) is 12.8 Å². The number of fused-ring (bicyclic) bond motifs is 1. The summed E-state index contributed by atoms with van der Waals surface area (Å²) in [5.41, 5.74) is 2.84. The number of thioether (sulfide) groups is 1. The number of hydrogen-bond donors (Lipinski definition) is 0. The van der Waals surface area contributed by atoms with Gasteiger partial charge in [-0.05, 0) is 43.0 Å². The van der Waals surface area contributed by atoms with Crippen molar-refractivity contribution in [1.29, 1.82) is 0 Å². The van der Waals surface area contributed by atoms with E-state index in [9.17, 15) is 0 Å². The summed E-state index contributed by atoms with van der Waals surface area (Å²) in [6, 6.07) is 13.9. The molecule has 0 radical (unpaired) electrons. The Morgan fingerprint density at radius 3 is 2.68 bits per heavy atom. The lowest BCUT2D eigenvalue weighted by atomic mass is 10.1. The van der Waals surface area contributed by atoms with E-state index in [4.69, 9.17) is 0 Å². The van der Waals surface area contributed by atoms with Gasteiger partial charge in [-0.2, -0.15) is 0 Å². The Morgan fingerprint density at radius 1 is 1.16 bits per heavy atom. The maximum absolute atomic E-state index is 2.56. The molecule has 2 heterocycles. The van der Waals surface area contributed by atoms with Gasteiger partial charge in [-0.1, -0.05) is 12.1 Å². The van der Waals surface area contributed by atoms with Crippen molar-refractivity contribution in [3.8, 4) is 0 Å². The highest BCUT2D eigenvalue weighted by atomic mass is 32.2. The van der Waals surface area contributed by atoms with Crippen molar-refractivity contribution in [2.45, 2.75) is 31.0 Å². The third-order valence-corrected chi connectivity index (χ3v) is 4.76. The van der Waals surface area contributed by atoms with Gasteiger partial charge in [0.15, 0.2) is 0 Å². The van der Waals surface area contributed by atoms with Gasteiger partial charge >= 0.3 is 0 Å². The highest BCUT2D eigenvalue weighted by molar-refractivity contribution is 7.98. The van der Waals surface area contributed by atoms with Crippen molar-refractivity contribution in [3.05, 3.63) is 53.9 Å². The molecule has 100 valence electrons. The minimum absolute atomic E-state index is 0.504. The van der Waals surface area contributed by atoms with Gasteiger partial charge in [-0.3, -0.25) is 4.90 Å². The standard InChI is InChI=1S/C16H20N2S/c1-13-16-4-3-9-17(16)10-11-18(13)12-14-5-7-15(19-2)8-6-14/h3-9,13H,10-12H2,1-2H3/t13-/m1/s1. The number of rotatable bonds is 3. The number of hydrogen-bond acceptors (Lipinski definition) is 2. The minimum Gasteiger partial charge on any atom is -0.349 e. The van der Waals surface area contributed by atoms with Gasteiger partial charge in [0, 0.05) is 42.5 Å². The van der Waals surface area contributed by atoms with Crippen molar-refractivity contribution < 1.29 is 0 Å². The van der Waals surface area contributed by atoms with E-state index in [2.05, 4.69) is 65.2 Å². The molecule has 1 atom stereocenters. The monoisotopic (exact) mass is 272 g/mol. The molecule has 0 fully saturated rings. The van der Waals surface area contributed by atoms with E-state index in [1.165, 1.54) is 16.2 Å². The molecule has 1 aliphatic heterocycles. The van der Waals surface area contributed by atoms with E-state index in [0.717, 1.165) is 19.6 Å². The molecule has 3 rings (SSSR count). The predicted molar refractivity (Wildman–Crippen MR) is 81.5 cm³/mol. The third kappa shape index (κ3) is 2.58. The van der Waals surface area contributed by atoms with Gasteiger partial charge in [0.05, 0.1) is 0 Å². The van der Waals surface area contributed by atoms with Crippen LogP contribution < -0.4 is 0 Å². The van der Waals surface area contributed by atoms with Gasteiger partial charge in [-0.15, -0.1) is 11.8 Å². The molecule has 1 aromatic carbocycles. The van der Waals surface area contributed by atoms with Crippen LogP contribution in [0.2, 0.25) is 0 Å². The molecule has 19 heavy (non-hydrogen) atoms. The highest BCUT2D eigenvalue weighted by Crippen LogP contribution is 2.27. The molecule has 1 aromatic heterocycles. The topological polar surface area (TPSA) is 8.17 Å². The van der Waals surface area contributed by atoms with Crippen LogP contribution in [0.3, 0.4) is 0 Å². The molecule has 0 N–H and O–H groups in total. The summed E-state index contributed by atoms with van der Waals surface area (Å²) in [6.45, 7) is 5.59. The van der Waals surface area contributed by atoms with Gasteiger partial charge in [0.1, 0.15) is 0 Å². The molecule has 0 aliphatic carbocycles. The summed E-state index contributed by atoms with van der Waals surface area (Å²) >= 11 is 1.80. The Kier molecular flexibility index (Phi) is 3.67.